The summed E-state index contributed by atoms with van der Waals surface area (Å²) in [6, 6.07) is 4.85. The zero-order valence-electron chi connectivity index (χ0n) is 11.4. The van der Waals surface area contributed by atoms with Crippen LogP contribution in [0.4, 0.5) is 0 Å². The average Bonchev–Trinajstić information content (AvgIpc) is 2.81. The molecule has 0 aromatic heterocycles. The number of nitrogens with one attached hydrogen (secondary N) is 1. The van der Waals surface area contributed by atoms with Gasteiger partial charge in [-0.1, -0.05) is 6.07 Å². The van der Waals surface area contributed by atoms with Gasteiger partial charge in [0.25, 0.3) is 0 Å². The van der Waals surface area contributed by atoms with Crippen molar-refractivity contribution in [3.8, 4) is 11.5 Å². The van der Waals surface area contributed by atoms with Crippen molar-refractivity contribution in [2.24, 2.45) is 5.92 Å². The molecule has 0 bridgehead atoms. The van der Waals surface area contributed by atoms with Crippen molar-refractivity contribution in [2.75, 3.05) is 20.3 Å². The largest absolute Gasteiger partial charge is 0.504 e. The highest BCUT2D eigenvalue weighted by molar-refractivity contribution is 6.00. The van der Waals surface area contributed by atoms with E-state index in [0.29, 0.717) is 17.9 Å². The number of hydrogen-bond acceptors (Lipinski definition) is 5. The first-order valence-electron chi connectivity index (χ1n) is 6.39. The molecule has 0 saturated carbocycles. The summed E-state index contributed by atoms with van der Waals surface area (Å²) in [5.41, 5.74) is 0.694. The summed E-state index contributed by atoms with van der Waals surface area (Å²) in [4.78, 5) is 23.7. The third-order valence-electron chi connectivity index (χ3n) is 3.35. The number of methoxy groups -OCH3 is 1. The Balaban J connectivity index is 2.28. The highest BCUT2D eigenvalue weighted by atomic mass is 16.5. The maximum Gasteiger partial charge on any atom is 0.319 e. The van der Waals surface area contributed by atoms with Crippen LogP contribution in [0.15, 0.2) is 18.2 Å². The van der Waals surface area contributed by atoms with Crippen LogP contribution < -0.4 is 10.1 Å². The minimum absolute atomic E-state index is 0.0213. The molecule has 2 N–H and O–H groups in total. The third kappa shape index (κ3) is 2.54. The lowest BCUT2D eigenvalue weighted by Crippen LogP contribution is -2.28. The van der Waals surface area contributed by atoms with Gasteiger partial charge in [0.1, 0.15) is 5.92 Å². The van der Waals surface area contributed by atoms with E-state index in [1.165, 1.54) is 13.2 Å². The molecule has 2 rings (SSSR count). The van der Waals surface area contributed by atoms with Crippen molar-refractivity contribution in [3.05, 3.63) is 23.8 Å². The molecule has 1 aromatic carbocycles. The van der Waals surface area contributed by atoms with E-state index in [-0.39, 0.29) is 24.2 Å². The van der Waals surface area contributed by atoms with Crippen LogP contribution in [0.2, 0.25) is 0 Å². The van der Waals surface area contributed by atoms with Gasteiger partial charge >= 0.3 is 5.97 Å². The van der Waals surface area contributed by atoms with E-state index in [9.17, 15) is 14.7 Å². The van der Waals surface area contributed by atoms with Crippen LogP contribution in [0.1, 0.15) is 18.4 Å². The van der Waals surface area contributed by atoms with E-state index in [0.717, 1.165) is 0 Å². The summed E-state index contributed by atoms with van der Waals surface area (Å²) < 4.78 is 9.91. The van der Waals surface area contributed by atoms with Gasteiger partial charge < -0.3 is 19.9 Å². The SMILES string of the molecule is CCOC(=O)C1C(=O)NCC1c1ccc(OC)c(O)c1. The highest BCUT2D eigenvalue weighted by Gasteiger charge is 2.42. The van der Waals surface area contributed by atoms with Crippen molar-refractivity contribution >= 4 is 11.9 Å². The van der Waals surface area contributed by atoms with Crippen LogP contribution in [-0.2, 0) is 14.3 Å². The van der Waals surface area contributed by atoms with Crippen LogP contribution in [-0.4, -0.2) is 37.2 Å². The van der Waals surface area contributed by atoms with E-state index in [4.69, 9.17) is 9.47 Å². The molecule has 20 heavy (non-hydrogen) atoms. The quantitative estimate of drug-likeness (QED) is 0.629. The first-order chi connectivity index (χ1) is 9.58. The molecule has 1 aliphatic rings. The minimum atomic E-state index is -0.872. The fourth-order valence-electron chi connectivity index (χ4n) is 2.37. The normalized spacial score (nSPS) is 21.4. The average molecular weight is 279 g/mol. The van der Waals surface area contributed by atoms with Crippen molar-refractivity contribution in [3.63, 3.8) is 0 Å². The molecule has 1 amide bonds. The van der Waals surface area contributed by atoms with E-state index >= 15 is 0 Å². The number of carbonyl (C=O) groups is 2. The molecule has 1 saturated heterocycles. The molecular formula is C14H17NO5. The van der Waals surface area contributed by atoms with E-state index in [1.807, 2.05) is 0 Å². The maximum atomic E-state index is 11.9. The van der Waals surface area contributed by atoms with Crippen molar-refractivity contribution < 1.29 is 24.2 Å². The molecule has 108 valence electrons. The van der Waals surface area contributed by atoms with Crippen molar-refractivity contribution in [2.45, 2.75) is 12.8 Å². The third-order valence-corrected chi connectivity index (χ3v) is 3.35. The molecule has 2 atom stereocenters. The number of benzene rings is 1. The zero-order valence-corrected chi connectivity index (χ0v) is 11.4. The summed E-state index contributed by atoms with van der Waals surface area (Å²) in [6.07, 6.45) is 0. The van der Waals surface area contributed by atoms with E-state index < -0.39 is 11.9 Å². The first kappa shape index (κ1) is 14.2. The van der Waals surface area contributed by atoms with Crippen molar-refractivity contribution in [1.82, 2.24) is 5.32 Å². The fraction of sp³-hybridized carbons (Fsp3) is 0.429. The highest BCUT2D eigenvalue weighted by Crippen LogP contribution is 2.35. The van der Waals surface area contributed by atoms with E-state index in [2.05, 4.69) is 5.32 Å². The topological polar surface area (TPSA) is 84.9 Å². The second-order valence-electron chi connectivity index (χ2n) is 4.51. The lowest BCUT2D eigenvalue weighted by Gasteiger charge is -2.16. The van der Waals surface area contributed by atoms with Crippen LogP contribution in [0.25, 0.3) is 0 Å². The van der Waals surface area contributed by atoms with Gasteiger partial charge in [0.15, 0.2) is 11.5 Å². The predicted molar refractivity (Wildman–Crippen MR) is 70.5 cm³/mol. The van der Waals surface area contributed by atoms with Crippen molar-refractivity contribution in [1.29, 1.82) is 0 Å². The zero-order chi connectivity index (χ0) is 14.7. The summed E-state index contributed by atoms with van der Waals surface area (Å²) in [7, 11) is 1.46. The lowest BCUT2D eigenvalue weighted by molar-refractivity contribution is -0.151. The summed E-state index contributed by atoms with van der Waals surface area (Å²) in [5, 5.41) is 12.5. The summed E-state index contributed by atoms with van der Waals surface area (Å²) in [5.74, 6) is -1.78. The van der Waals surface area contributed by atoms with Gasteiger partial charge in [-0.3, -0.25) is 9.59 Å². The van der Waals surface area contributed by atoms with Gasteiger partial charge in [-0.05, 0) is 24.6 Å². The molecule has 0 radical (unpaired) electrons. The number of phenolic OH excluding ortho intramolecular Hbond substituents is 1. The maximum absolute atomic E-state index is 11.9. The number of phenols is 1. The number of carbonyl (C=O) groups excluding carboxylic acids is 2. The Bertz CT molecular complexity index is 528. The Labute approximate surface area is 116 Å². The number of esters is 1. The molecule has 1 heterocycles. The van der Waals surface area contributed by atoms with Crippen LogP contribution in [0.5, 0.6) is 11.5 Å². The van der Waals surface area contributed by atoms with Gasteiger partial charge in [-0.2, -0.15) is 0 Å². The van der Waals surface area contributed by atoms with Crippen LogP contribution in [0.3, 0.4) is 0 Å². The molecule has 2 unspecified atom stereocenters. The Morgan fingerprint density at radius 3 is 2.85 bits per heavy atom. The number of amides is 1. The van der Waals surface area contributed by atoms with Gasteiger partial charge in [-0.15, -0.1) is 0 Å². The standard InChI is InChI=1S/C14H17NO5/c1-3-20-14(18)12-9(7-15-13(12)17)8-4-5-11(19-2)10(16)6-8/h4-6,9,12,16H,3,7H2,1-2H3,(H,15,17). The Morgan fingerprint density at radius 1 is 1.50 bits per heavy atom. The Kier molecular flexibility index (Phi) is 4.12. The molecular weight excluding hydrogens is 262 g/mol. The second kappa shape index (κ2) is 5.81. The van der Waals surface area contributed by atoms with Gasteiger partial charge in [-0.25, -0.2) is 0 Å². The molecule has 0 aliphatic carbocycles. The monoisotopic (exact) mass is 279 g/mol. The van der Waals surface area contributed by atoms with Gasteiger partial charge in [0.2, 0.25) is 5.91 Å². The molecule has 6 heteroatoms. The summed E-state index contributed by atoms with van der Waals surface area (Å²) >= 11 is 0. The summed E-state index contributed by atoms with van der Waals surface area (Å²) in [6.45, 7) is 2.26. The van der Waals surface area contributed by atoms with Gasteiger partial charge in [0, 0.05) is 12.5 Å². The fourth-order valence-corrected chi connectivity index (χ4v) is 2.37. The Hall–Kier alpha value is -2.24. The number of rotatable bonds is 4. The molecule has 1 fully saturated rings. The first-order valence-corrected chi connectivity index (χ1v) is 6.39. The smallest absolute Gasteiger partial charge is 0.319 e. The molecule has 1 aliphatic heterocycles. The Morgan fingerprint density at radius 2 is 2.25 bits per heavy atom. The van der Waals surface area contributed by atoms with Crippen LogP contribution >= 0.6 is 0 Å². The number of hydrogen-bond donors (Lipinski definition) is 2. The molecule has 1 aromatic rings. The second-order valence-corrected chi connectivity index (χ2v) is 4.51. The molecule has 0 spiro atoms. The van der Waals surface area contributed by atoms with Gasteiger partial charge in [0.05, 0.1) is 13.7 Å². The predicted octanol–water partition coefficient (Wildman–Crippen LogP) is 0.793. The lowest BCUT2D eigenvalue weighted by atomic mass is 9.88. The minimum Gasteiger partial charge on any atom is -0.504 e. The van der Waals surface area contributed by atoms with Crippen LogP contribution in [0, 0.1) is 5.92 Å². The number of ether oxygens (including phenoxy) is 2. The number of aromatic hydroxyl groups is 1. The molecule has 6 nitrogen and oxygen atoms in total. The van der Waals surface area contributed by atoms with E-state index in [1.54, 1.807) is 19.1 Å².